The van der Waals surface area contributed by atoms with Gasteiger partial charge in [-0.25, -0.2) is 4.98 Å². The number of halogens is 1. The fourth-order valence-corrected chi connectivity index (χ4v) is 2.69. The van der Waals surface area contributed by atoms with Crippen molar-refractivity contribution >= 4 is 38.3 Å². The maximum absolute atomic E-state index is 4.52. The number of anilines is 2. The second-order valence-corrected chi connectivity index (χ2v) is 5.74. The third-order valence-corrected chi connectivity index (χ3v) is 3.79. The molecular weight excluding hydrogens is 314 g/mol. The summed E-state index contributed by atoms with van der Waals surface area (Å²) in [6.07, 6.45) is 2.06. The number of fused-ring (bicyclic) bond motifs is 1. The fraction of sp³-hybridized carbons (Fsp3) is 0.188. The molecule has 3 nitrogen and oxygen atoms in total. The van der Waals surface area contributed by atoms with Crippen LogP contribution in [0, 0.1) is 6.92 Å². The smallest absolute Gasteiger partial charge is 0.207 e. The SMILES string of the molecule is CCn1cc(C)nc1Nc1ccc2cc(Br)ccc2c1. The van der Waals surface area contributed by atoms with Crippen molar-refractivity contribution < 1.29 is 0 Å². The average Bonchev–Trinajstić information content (AvgIpc) is 2.79. The van der Waals surface area contributed by atoms with E-state index in [9.17, 15) is 0 Å². The Balaban J connectivity index is 1.96. The molecule has 0 fully saturated rings. The first-order valence-electron chi connectivity index (χ1n) is 6.66. The summed E-state index contributed by atoms with van der Waals surface area (Å²) in [5.41, 5.74) is 2.08. The van der Waals surface area contributed by atoms with E-state index in [1.807, 2.05) is 6.92 Å². The van der Waals surface area contributed by atoms with Crippen LogP contribution in [0.3, 0.4) is 0 Å². The van der Waals surface area contributed by atoms with Crippen molar-refractivity contribution in [1.29, 1.82) is 0 Å². The minimum Gasteiger partial charge on any atom is -0.326 e. The van der Waals surface area contributed by atoms with Gasteiger partial charge in [0.25, 0.3) is 0 Å². The number of aromatic nitrogens is 2. The summed E-state index contributed by atoms with van der Waals surface area (Å²) in [7, 11) is 0. The van der Waals surface area contributed by atoms with Crippen molar-refractivity contribution in [3.8, 4) is 0 Å². The van der Waals surface area contributed by atoms with E-state index in [4.69, 9.17) is 0 Å². The van der Waals surface area contributed by atoms with Gasteiger partial charge in [-0.1, -0.05) is 28.1 Å². The molecule has 1 heterocycles. The molecule has 4 heteroatoms. The van der Waals surface area contributed by atoms with Gasteiger partial charge < -0.3 is 9.88 Å². The normalized spacial score (nSPS) is 10.9. The molecule has 2 aromatic carbocycles. The number of rotatable bonds is 3. The Hall–Kier alpha value is -1.81. The zero-order valence-electron chi connectivity index (χ0n) is 11.5. The van der Waals surface area contributed by atoms with Gasteiger partial charge in [-0.05, 0) is 48.9 Å². The summed E-state index contributed by atoms with van der Waals surface area (Å²) in [6.45, 7) is 5.03. The topological polar surface area (TPSA) is 29.9 Å². The maximum Gasteiger partial charge on any atom is 0.207 e. The Labute approximate surface area is 126 Å². The molecule has 0 amide bonds. The summed E-state index contributed by atoms with van der Waals surface area (Å²) in [5.74, 6) is 0.890. The first kappa shape index (κ1) is 13.2. The number of aryl methyl sites for hydroxylation is 2. The standard InChI is InChI=1S/C16H16BrN3/c1-3-20-10-11(2)18-16(20)19-15-7-5-12-8-14(17)6-4-13(12)9-15/h4-10H,3H2,1-2H3,(H,18,19). The average molecular weight is 330 g/mol. The van der Waals surface area contributed by atoms with E-state index < -0.39 is 0 Å². The van der Waals surface area contributed by atoms with E-state index >= 15 is 0 Å². The molecule has 0 bridgehead atoms. The molecular formula is C16H16BrN3. The van der Waals surface area contributed by atoms with E-state index in [1.54, 1.807) is 0 Å². The number of nitrogens with one attached hydrogen (secondary N) is 1. The van der Waals surface area contributed by atoms with Gasteiger partial charge in [0.1, 0.15) is 0 Å². The van der Waals surface area contributed by atoms with Crippen LogP contribution in [0.1, 0.15) is 12.6 Å². The highest BCUT2D eigenvalue weighted by Crippen LogP contribution is 2.24. The first-order valence-corrected chi connectivity index (χ1v) is 7.45. The van der Waals surface area contributed by atoms with E-state index in [1.165, 1.54) is 10.8 Å². The lowest BCUT2D eigenvalue weighted by Crippen LogP contribution is -2.01. The minimum absolute atomic E-state index is 0.890. The molecule has 0 aliphatic heterocycles. The third-order valence-electron chi connectivity index (χ3n) is 3.30. The summed E-state index contributed by atoms with van der Waals surface area (Å²) < 4.78 is 3.21. The van der Waals surface area contributed by atoms with Crippen LogP contribution in [0.25, 0.3) is 10.8 Å². The Bertz CT molecular complexity index is 762. The van der Waals surface area contributed by atoms with Crippen molar-refractivity contribution in [1.82, 2.24) is 9.55 Å². The van der Waals surface area contributed by atoms with Crippen molar-refractivity contribution in [3.05, 3.63) is 52.8 Å². The van der Waals surface area contributed by atoms with Crippen LogP contribution in [-0.2, 0) is 6.54 Å². The quantitative estimate of drug-likeness (QED) is 0.742. The molecule has 0 radical (unpaired) electrons. The number of hydrogen-bond acceptors (Lipinski definition) is 2. The Morgan fingerprint density at radius 1 is 1.15 bits per heavy atom. The van der Waals surface area contributed by atoms with E-state index in [2.05, 4.69) is 80.3 Å². The minimum atomic E-state index is 0.890. The molecule has 3 rings (SSSR count). The zero-order valence-corrected chi connectivity index (χ0v) is 13.1. The molecule has 102 valence electrons. The van der Waals surface area contributed by atoms with Gasteiger partial charge in [-0.15, -0.1) is 0 Å². The van der Waals surface area contributed by atoms with Crippen molar-refractivity contribution in [2.45, 2.75) is 20.4 Å². The molecule has 1 N–H and O–H groups in total. The number of benzene rings is 2. The predicted octanol–water partition coefficient (Wildman–Crippen LogP) is 4.87. The number of nitrogens with zero attached hydrogens (tertiary/aromatic N) is 2. The molecule has 0 saturated heterocycles. The molecule has 0 spiro atoms. The second kappa shape index (κ2) is 5.29. The highest BCUT2D eigenvalue weighted by Gasteiger charge is 2.05. The molecule has 3 aromatic rings. The lowest BCUT2D eigenvalue weighted by atomic mass is 10.1. The van der Waals surface area contributed by atoms with Crippen LogP contribution in [0.2, 0.25) is 0 Å². The predicted molar refractivity (Wildman–Crippen MR) is 87.6 cm³/mol. The summed E-state index contributed by atoms with van der Waals surface area (Å²) in [4.78, 5) is 4.52. The number of hydrogen-bond donors (Lipinski definition) is 1. The lowest BCUT2D eigenvalue weighted by molar-refractivity contribution is 0.771. The monoisotopic (exact) mass is 329 g/mol. The van der Waals surface area contributed by atoms with Crippen molar-refractivity contribution in [2.24, 2.45) is 0 Å². The second-order valence-electron chi connectivity index (χ2n) is 4.82. The van der Waals surface area contributed by atoms with Crippen LogP contribution in [-0.4, -0.2) is 9.55 Å². The molecule has 20 heavy (non-hydrogen) atoms. The van der Waals surface area contributed by atoms with Gasteiger partial charge in [0.05, 0.1) is 5.69 Å². The molecule has 0 aliphatic rings. The van der Waals surface area contributed by atoms with Gasteiger partial charge >= 0.3 is 0 Å². The Kier molecular flexibility index (Phi) is 3.49. The van der Waals surface area contributed by atoms with E-state index in [-0.39, 0.29) is 0 Å². The molecule has 1 aromatic heterocycles. The van der Waals surface area contributed by atoms with Crippen LogP contribution < -0.4 is 5.32 Å². The Morgan fingerprint density at radius 2 is 1.90 bits per heavy atom. The van der Waals surface area contributed by atoms with Crippen LogP contribution in [0.4, 0.5) is 11.6 Å². The molecule has 0 aliphatic carbocycles. The van der Waals surface area contributed by atoms with Crippen LogP contribution in [0.5, 0.6) is 0 Å². The molecule has 0 saturated carbocycles. The third kappa shape index (κ3) is 2.56. The molecule has 0 unspecified atom stereocenters. The highest BCUT2D eigenvalue weighted by atomic mass is 79.9. The van der Waals surface area contributed by atoms with Gasteiger partial charge in [0.15, 0.2) is 0 Å². The fourth-order valence-electron chi connectivity index (χ4n) is 2.31. The zero-order chi connectivity index (χ0) is 14.1. The highest BCUT2D eigenvalue weighted by molar-refractivity contribution is 9.10. The van der Waals surface area contributed by atoms with Gasteiger partial charge in [-0.2, -0.15) is 0 Å². The number of imidazole rings is 1. The van der Waals surface area contributed by atoms with Crippen molar-refractivity contribution in [2.75, 3.05) is 5.32 Å². The summed E-state index contributed by atoms with van der Waals surface area (Å²) in [5, 5.41) is 5.83. The lowest BCUT2D eigenvalue weighted by Gasteiger charge is -2.09. The Morgan fingerprint density at radius 3 is 2.70 bits per heavy atom. The largest absolute Gasteiger partial charge is 0.326 e. The van der Waals surface area contributed by atoms with E-state index in [0.717, 1.165) is 28.3 Å². The van der Waals surface area contributed by atoms with Gasteiger partial charge in [0.2, 0.25) is 5.95 Å². The summed E-state index contributed by atoms with van der Waals surface area (Å²) in [6, 6.07) is 12.6. The van der Waals surface area contributed by atoms with Gasteiger partial charge in [0, 0.05) is 22.9 Å². The van der Waals surface area contributed by atoms with Gasteiger partial charge in [-0.3, -0.25) is 0 Å². The summed E-state index contributed by atoms with van der Waals surface area (Å²) >= 11 is 3.50. The van der Waals surface area contributed by atoms with Crippen molar-refractivity contribution in [3.63, 3.8) is 0 Å². The first-order chi connectivity index (χ1) is 9.65. The van der Waals surface area contributed by atoms with Crippen LogP contribution in [0.15, 0.2) is 47.1 Å². The molecule has 0 atom stereocenters. The van der Waals surface area contributed by atoms with E-state index in [0.29, 0.717) is 0 Å². The maximum atomic E-state index is 4.52. The van der Waals surface area contributed by atoms with Crippen LogP contribution >= 0.6 is 15.9 Å².